The molecule has 5 heteroatoms. The van der Waals surface area contributed by atoms with E-state index in [1.54, 1.807) is 6.33 Å². The zero-order valence-corrected chi connectivity index (χ0v) is 15.0. The number of hydrogen-bond acceptors (Lipinski definition) is 3. The molecule has 0 aliphatic heterocycles. The van der Waals surface area contributed by atoms with Crippen molar-refractivity contribution in [2.45, 2.75) is 57.4 Å². The summed E-state index contributed by atoms with van der Waals surface area (Å²) in [5.74, 6) is 2.90. The predicted molar refractivity (Wildman–Crippen MR) is 96.4 cm³/mol. The average molecular weight is 338 g/mol. The van der Waals surface area contributed by atoms with Crippen molar-refractivity contribution < 1.29 is 4.79 Å². The van der Waals surface area contributed by atoms with E-state index in [9.17, 15) is 4.79 Å². The maximum Gasteiger partial charge on any atom is 0.223 e. The number of carbonyl (C=O) groups is 1. The van der Waals surface area contributed by atoms with Gasteiger partial charge in [0.25, 0.3) is 0 Å². The van der Waals surface area contributed by atoms with Gasteiger partial charge in [0.05, 0.1) is 0 Å². The molecule has 2 unspecified atom stereocenters. The maximum absolute atomic E-state index is 12.4. The molecule has 1 N–H and O–H groups in total. The van der Waals surface area contributed by atoms with Gasteiger partial charge < -0.3 is 9.88 Å². The number of nitrogens with zero attached hydrogens (tertiary/aromatic N) is 3. The molecular formula is C20H26N4O. The van der Waals surface area contributed by atoms with Crippen molar-refractivity contribution in [3.05, 3.63) is 47.5 Å². The highest BCUT2D eigenvalue weighted by Gasteiger charge is 2.43. The first-order valence-corrected chi connectivity index (χ1v) is 9.38. The summed E-state index contributed by atoms with van der Waals surface area (Å²) in [4.78, 5) is 12.4. The van der Waals surface area contributed by atoms with Gasteiger partial charge in [-0.1, -0.05) is 38.1 Å². The van der Waals surface area contributed by atoms with Crippen LogP contribution in [0.4, 0.5) is 0 Å². The molecule has 132 valence electrons. The van der Waals surface area contributed by atoms with Crippen molar-refractivity contribution in [3.8, 4) is 0 Å². The van der Waals surface area contributed by atoms with Gasteiger partial charge in [-0.05, 0) is 42.2 Å². The van der Waals surface area contributed by atoms with Crippen LogP contribution in [0.1, 0.15) is 67.8 Å². The molecule has 2 aromatic rings. The molecule has 0 bridgehead atoms. The normalized spacial score (nSPS) is 22.2. The first kappa shape index (κ1) is 16.3. The van der Waals surface area contributed by atoms with Crippen LogP contribution in [0.5, 0.6) is 0 Å². The van der Waals surface area contributed by atoms with E-state index in [1.807, 2.05) is 0 Å². The lowest BCUT2D eigenvalue weighted by molar-refractivity contribution is -0.122. The zero-order chi connectivity index (χ0) is 17.4. The molecular weight excluding hydrogens is 312 g/mol. The quantitative estimate of drug-likeness (QED) is 0.843. The monoisotopic (exact) mass is 338 g/mol. The van der Waals surface area contributed by atoms with Crippen LogP contribution in [0.2, 0.25) is 0 Å². The Morgan fingerprint density at radius 3 is 2.72 bits per heavy atom. The summed E-state index contributed by atoms with van der Waals surface area (Å²) in [5.41, 5.74) is 2.64. The molecule has 25 heavy (non-hydrogen) atoms. The third-order valence-electron chi connectivity index (χ3n) is 5.40. The fraction of sp³-hybridized carbons (Fsp3) is 0.550. The van der Waals surface area contributed by atoms with E-state index in [0.29, 0.717) is 24.3 Å². The van der Waals surface area contributed by atoms with Crippen molar-refractivity contribution in [3.63, 3.8) is 0 Å². The Morgan fingerprint density at radius 1 is 1.28 bits per heavy atom. The highest BCUT2D eigenvalue weighted by atomic mass is 16.2. The third kappa shape index (κ3) is 3.60. The van der Waals surface area contributed by atoms with Gasteiger partial charge in [-0.25, -0.2) is 0 Å². The number of amides is 1. The summed E-state index contributed by atoms with van der Waals surface area (Å²) < 4.78 is 2.08. The van der Waals surface area contributed by atoms with Crippen LogP contribution < -0.4 is 5.32 Å². The Morgan fingerprint density at radius 2 is 2.04 bits per heavy atom. The van der Waals surface area contributed by atoms with Crippen LogP contribution in [-0.2, 0) is 11.3 Å². The molecule has 1 aromatic heterocycles. The Hall–Kier alpha value is -2.17. The van der Waals surface area contributed by atoms with Crippen molar-refractivity contribution in [1.82, 2.24) is 20.1 Å². The third-order valence-corrected chi connectivity index (χ3v) is 5.40. The standard InChI is InChI=1S/C20H26N4O/c1-13(2)14-3-5-15(6-4-14)17-11-18(17)20(25)21-9-10-24-12-22-23-19(24)16-7-8-16/h3-6,12-13,16-18H,7-11H2,1-2H3,(H,21,25). The molecule has 0 saturated heterocycles. The van der Waals surface area contributed by atoms with E-state index in [0.717, 1.165) is 18.8 Å². The molecule has 2 saturated carbocycles. The van der Waals surface area contributed by atoms with E-state index >= 15 is 0 Å². The Kier molecular flexibility index (Phi) is 4.32. The Balaban J connectivity index is 1.26. The van der Waals surface area contributed by atoms with Gasteiger partial charge in [0.2, 0.25) is 5.91 Å². The van der Waals surface area contributed by atoms with Crippen LogP contribution in [0.15, 0.2) is 30.6 Å². The second kappa shape index (κ2) is 6.62. The SMILES string of the molecule is CC(C)c1ccc(C2CC2C(=O)NCCn2cnnc2C2CC2)cc1. The summed E-state index contributed by atoms with van der Waals surface area (Å²) in [6, 6.07) is 8.76. The number of rotatable bonds is 7. The van der Waals surface area contributed by atoms with E-state index in [2.05, 4.69) is 58.2 Å². The Labute approximate surface area is 148 Å². The van der Waals surface area contributed by atoms with E-state index in [1.165, 1.54) is 24.0 Å². The smallest absolute Gasteiger partial charge is 0.223 e. The first-order valence-electron chi connectivity index (χ1n) is 9.38. The zero-order valence-electron chi connectivity index (χ0n) is 15.0. The lowest BCUT2D eigenvalue weighted by Crippen LogP contribution is -2.29. The van der Waals surface area contributed by atoms with Crippen molar-refractivity contribution >= 4 is 5.91 Å². The molecule has 2 fully saturated rings. The molecule has 2 aliphatic carbocycles. The molecule has 2 aliphatic rings. The lowest BCUT2D eigenvalue weighted by Gasteiger charge is -2.08. The van der Waals surface area contributed by atoms with E-state index in [-0.39, 0.29) is 11.8 Å². The fourth-order valence-corrected chi connectivity index (χ4v) is 3.51. The van der Waals surface area contributed by atoms with Gasteiger partial charge in [0.1, 0.15) is 12.2 Å². The molecule has 1 heterocycles. The van der Waals surface area contributed by atoms with Crippen LogP contribution >= 0.6 is 0 Å². The molecule has 1 amide bonds. The minimum absolute atomic E-state index is 0.133. The largest absolute Gasteiger partial charge is 0.354 e. The van der Waals surface area contributed by atoms with Crippen molar-refractivity contribution in [2.75, 3.05) is 6.54 Å². The highest BCUT2D eigenvalue weighted by Crippen LogP contribution is 2.47. The van der Waals surface area contributed by atoms with Crippen LogP contribution in [0.3, 0.4) is 0 Å². The molecule has 4 rings (SSSR count). The summed E-state index contributed by atoms with van der Waals surface area (Å²) in [5, 5.41) is 11.3. The van der Waals surface area contributed by atoms with Gasteiger partial charge in [-0.3, -0.25) is 4.79 Å². The number of carbonyl (C=O) groups excluding carboxylic acids is 1. The number of hydrogen-bond donors (Lipinski definition) is 1. The predicted octanol–water partition coefficient (Wildman–Crippen LogP) is 3.20. The first-order chi connectivity index (χ1) is 12.1. The Bertz CT molecular complexity index is 745. The summed E-state index contributed by atoms with van der Waals surface area (Å²) in [7, 11) is 0. The van der Waals surface area contributed by atoms with E-state index in [4.69, 9.17) is 0 Å². The topological polar surface area (TPSA) is 59.8 Å². The number of nitrogens with one attached hydrogen (secondary N) is 1. The maximum atomic E-state index is 12.4. The van der Waals surface area contributed by atoms with Crippen molar-refractivity contribution in [1.29, 1.82) is 0 Å². The van der Waals surface area contributed by atoms with Gasteiger partial charge in [0, 0.05) is 24.9 Å². The molecule has 0 spiro atoms. The van der Waals surface area contributed by atoms with Gasteiger partial charge in [-0.15, -0.1) is 10.2 Å². The van der Waals surface area contributed by atoms with Gasteiger partial charge in [-0.2, -0.15) is 0 Å². The highest BCUT2D eigenvalue weighted by molar-refractivity contribution is 5.82. The summed E-state index contributed by atoms with van der Waals surface area (Å²) >= 11 is 0. The minimum atomic E-state index is 0.133. The summed E-state index contributed by atoms with van der Waals surface area (Å²) in [6.07, 6.45) is 5.16. The van der Waals surface area contributed by atoms with Crippen LogP contribution in [0, 0.1) is 5.92 Å². The fourth-order valence-electron chi connectivity index (χ4n) is 3.51. The second-order valence-corrected chi connectivity index (χ2v) is 7.72. The van der Waals surface area contributed by atoms with Crippen LogP contribution in [-0.4, -0.2) is 27.2 Å². The number of aromatic nitrogens is 3. The molecule has 0 radical (unpaired) electrons. The number of benzene rings is 1. The van der Waals surface area contributed by atoms with Gasteiger partial charge in [0.15, 0.2) is 0 Å². The van der Waals surface area contributed by atoms with Gasteiger partial charge >= 0.3 is 0 Å². The van der Waals surface area contributed by atoms with E-state index < -0.39 is 0 Å². The second-order valence-electron chi connectivity index (χ2n) is 7.72. The summed E-state index contributed by atoms with van der Waals surface area (Å²) in [6.45, 7) is 5.80. The molecule has 5 nitrogen and oxygen atoms in total. The van der Waals surface area contributed by atoms with Crippen LogP contribution in [0.25, 0.3) is 0 Å². The minimum Gasteiger partial charge on any atom is -0.354 e. The molecule has 2 atom stereocenters. The lowest BCUT2D eigenvalue weighted by atomic mass is 10.00. The molecule has 1 aromatic carbocycles. The average Bonchev–Trinajstić information content (AvgIpc) is 3.53. The van der Waals surface area contributed by atoms with Crippen molar-refractivity contribution in [2.24, 2.45) is 5.92 Å².